The molecule has 4 nitrogen and oxygen atoms in total. The first-order chi connectivity index (χ1) is 8.75. The van der Waals surface area contributed by atoms with E-state index in [9.17, 15) is 9.59 Å². The number of fused-ring (bicyclic) bond motifs is 1. The van der Waals surface area contributed by atoms with Gasteiger partial charge in [0.1, 0.15) is 0 Å². The summed E-state index contributed by atoms with van der Waals surface area (Å²) in [7, 11) is 0. The van der Waals surface area contributed by atoms with Gasteiger partial charge in [0.25, 0.3) is 0 Å². The minimum atomic E-state index is -0.169. The van der Waals surface area contributed by atoms with Crippen molar-refractivity contribution in [1.82, 2.24) is 5.32 Å². The number of hydrogen-bond acceptors (Lipinski definition) is 3. The number of carbonyl (C=O) groups is 2. The van der Waals surface area contributed by atoms with E-state index in [2.05, 4.69) is 16.7 Å². The van der Waals surface area contributed by atoms with Gasteiger partial charge in [-0.05, 0) is 36.5 Å². The number of imide groups is 1. The lowest BCUT2D eigenvalue weighted by molar-refractivity contribution is -0.134. The molecular weight excluding hydrogens is 228 g/mol. The van der Waals surface area contributed by atoms with E-state index in [1.807, 2.05) is 12.1 Å². The molecule has 1 aromatic carbocycles. The highest BCUT2D eigenvalue weighted by molar-refractivity contribution is 6.01. The van der Waals surface area contributed by atoms with Gasteiger partial charge in [-0.2, -0.15) is 0 Å². The molecule has 2 aliphatic heterocycles. The Morgan fingerprint density at radius 1 is 1.17 bits per heavy atom. The Labute approximate surface area is 106 Å². The second-order valence-corrected chi connectivity index (χ2v) is 4.91. The zero-order valence-corrected chi connectivity index (χ0v) is 10.2. The molecule has 0 radical (unpaired) electrons. The molecule has 2 N–H and O–H groups in total. The first-order valence-electron chi connectivity index (χ1n) is 6.45. The third-order valence-electron chi connectivity index (χ3n) is 3.75. The highest BCUT2D eigenvalue weighted by atomic mass is 16.2. The van der Waals surface area contributed by atoms with Crippen molar-refractivity contribution in [3.63, 3.8) is 0 Å². The largest absolute Gasteiger partial charge is 0.385 e. The smallest absolute Gasteiger partial charge is 0.234 e. The van der Waals surface area contributed by atoms with Gasteiger partial charge in [-0.15, -0.1) is 0 Å². The zero-order chi connectivity index (χ0) is 12.5. The van der Waals surface area contributed by atoms with Gasteiger partial charge in [-0.1, -0.05) is 12.1 Å². The normalized spacial score (nSPS) is 23.0. The fraction of sp³-hybridized carbons (Fsp3) is 0.429. The van der Waals surface area contributed by atoms with Crippen molar-refractivity contribution in [2.75, 3.05) is 11.9 Å². The fourth-order valence-electron chi connectivity index (χ4n) is 2.85. The van der Waals surface area contributed by atoms with E-state index in [1.54, 1.807) is 0 Å². The van der Waals surface area contributed by atoms with E-state index < -0.39 is 0 Å². The summed E-state index contributed by atoms with van der Waals surface area (Å²) in [6.45, 7) is 0.992. The molecule has 4 heteroatoms. The molecule has 18 heavy (non-hydrogen) atoms. The lowest BCUT2D eigenvalue weighted by Gasteiger charge is -2.27. The Morgan fingerprint density at radius 3 is 2.89 bits per heavy atom. The molecule has 0 spiro atoms. The van der Waals surface area contributed by atoms with Gasteiger partial charge >= 0.3 is 0 Å². The van der Waals surface area contributed by atoms with Crippen LogP contribution in [0.5, 0.6) is 0 Å². The lowest BCUT2D eigenvalue weighted by atomic mass is 9.84. The van der Waals surface area contributed by atoms with Crippen molar-refractivity contribution in [2.24, 2.45) is 0 Å². The van der Waals surface area contributed by atoms with Crippen LogP contribution in [-0.4, -0.2) is 18.4 Å². The highest BCUT2D eigenvalue weighted by Gasteiger charge is 2.30. The Bertz CT molecular complexity index is 511. The first-order valence-corrected chi connectivity index (χ1v) is 6.45. The van der Waals surface area contributed by atoms with E-state index in [1.165, 1.54) is 5.56 Å². The van der Waals surface area contributed by atoms with Crippen molar-refractivity contribution >= 4 is 17.5 Å². The number of rotatable bonds is 1. The summed E-state index contributed by atoms with van der Waals surface area (Å²) in [6, 6.07) is 6.06. The minimum absolute atomic E-state index is 0.148. The molecule has 1 fully saturated rings. The number of benzene rings is 1. The maximum atomic E-state index is 11.9. The molecule has 1 aromatic rings. The van der Waals surface area contributed by atoms with Crippen molar-refractivity contribution in [1.29, 1.82) is 0 Å². The predicted molar refractivity (Wildman–Crippen MR) is 68.4 cm³/mol. The van der Waals surface area contributed by atoms with Crippen LogP contribution in [0.4, 0.5) is 5.69 Å². The zero-order valence-electron chi connectivity index (χ0n) is 10.2. The molecule has 2 aliphatic rings. The molecule has 0 bridgehead atoms. The molecule has 0 aliphatic carbocycles. The van der Waals surface area contributed by atoms with Crippen LogP contribution in [-0.2, 0) is 16.0 Å². The number of piperidine rings is 1. The van der Waals surface area contributed by atoms with Gasteiger partial charge < -0.3 is 5.32 Å². The third kappa shape index (κ3) is 1.88. The maximum Gasteiger partial charge on any atom is 0.234 e. The average molecular weight is 244 g/mol. The predicted octanol–water partition coefficient (Wildman–Crippen LogP) is 1.56. The van der Waals surface area contributed by atoms with Crippen LogP contribution in [0, 0.1) is 0 Å². The van der Waals surface area contributed by atoms with Gasteiger partial charge in [0.2, 0.25) is 11.8 Å². The van der Waals surface area contributed by atoms with E-state index in [0.29, 0.717) is 12.8 Å². The summed E-state index contributed by atoms with van der Waals surface area (Å²) in [5.74, 6) is -0.470. The molecule has 2 amide bonds. The van der Waals surface area contributed by atoms with Gasteiger partial charge in [0.15, 0.2) is 0 Å². The molecule has 0 aromatic heterocycles. The number of amides is 2. The van der Waals surface area contributed by atoms with Gasteiger partial charge in [-0.25, -0.2) is 0 Å². The van der Waals surface area contributed by atoms with E-state index >= 15 is 0 Å². The first kappa shape index (κ1) is 11.3. The summed E-state index contributed by atoms with van der Waals surface area (Å²) in [6.07, 6.45) is 3.17. The van der Waals surface area contributed by atoms with Gasteiger partial charge in [-0.3, -0.25) is 14.9 Å². The standard InChI is InChI=1S/C14H16N2O2/c17-13-7-6-11(14(18)16-13)9-3-1-5-12-10(9)4-2-8-15-12/h1,3,5,11,15H,2,4,6-8H2,(H,16,17,18). The number of anilines is 1. The Morgan fingerprint density at radius 2 is 2.06 bits per heavy atom. The Hall–Kier alpha value is -1.84. The number of carbonyl (C=O) groups excluding carboxylic acids is 2. The van der Waals surface area contributed by atoms with Crippen LogP contribution >= 0.6 is 0 Å². The summed E-state index contributed by atoms with van der Waals surface area (Å²) in [5, 5.41) is 5.80. The summed E-state index contributed by atoms with van der Waals surface area (Å²) < 4.78 is 0. The lowest BCUT2D eigenvalue weighted by Crippen LogP contribution is -2.39. The van der Waals surface area contributed by atoms with Crippen LogP contribution in [0.2, 0.25) is 0 Å². The van der Waals surface area contributed by atoms with Crippen LogP contribution < -0.4 is 10.6 Å². The molecule has 2 heterocycles. The number of hydrogen-bond donors (Lipinski definition) is 2. The second-order valence-electron chi connectivity index (χ2n) is 4.91. The van der Waals surface area contributed by atoms with Gasteiger partial charge in [0, 0.05) is 18.7 Å². The monoisotopic (exact) mass is 244 g/mol. The molecule has 94 valence electrons. The van der Waals surface area contributed by atoms with Crippen LogP contribution in [0.15, 0.2) is 18.2 Å². The second kappa shape index (κ2) is 4.44. The summed E-state index contributed by atoms with van der Waals surface area (Å²) in [5.41, 5.74) is 3.48. The molecular formula is C14H16N2O2. The molecule has 1 saturated heterocycles. The van der Waals surface area contributed by atoms with Crippen molar-refractivity contribution in [3.05, 3.63) is 29.3 Å². The quantitative estimate of drug-likeness (QED) is 0.737. The maximum absolute atomic E-state index is 11.9. The average Bonchev–Trinajstić information content (AvgIpc) is 2.38. The number of nitrogens with one attached hydrogen (secondary N) is 2. The third-order valence-corrected chi connectivity index (χ3v) is 3.75. The molecule has 1 unspecified atom stereocenters. The van der Waals surface area contributed by atoms with Crippen LogP contribution in [0.25, 0.3) is 0 Å². The highest BCUT2D eigenvalue weighted by Crippen LogP contribution is 2.33. The van der Waals surface area contributed by atoms with Crippen molar-refractivity contribution in [2.45, 2.75) is 31.6 Å². The summed E-state index contributed by atoms with van der Waals surface area (Å²) >= 11 is 0. The van der Waals surface area contributed by atoms with Crippen molar-refractivity contribution in [3.8, 4) is 0 Å². The molecule has 0 saturated carbocycles. The van der Waals surface area contributed by atoms with Crippen LogP contribution in [0.1, 0.15) is 36.3 Å². The van der Waals surface area contributed by atoms with E-state index in [4.69, 9.17) is 0 Å². The van der Waals surface area contributed by atoms with E-state index in [-0.39, 0.29) is 17.7 Å². The molecule has 1 atom stereocenters. The summed E-state index contributed by atoms with van der Waals surface area (Å²) in [4.78, 5) is 23.1. The topological polar surface area (TPSA) is 58.2 Å². The molecule has 3 rings (SSSR count). The SMILES string of the molecule is O=C1CCC(c2cccc3c2CCCN3)C(=O)N1. The fourth-order valence-corrected chi connectivity index (χ4v) is 2.85. The van der Waals surface area contributed by atoms with Gasteiger partial charge in [0.05, 0.1) is 5.92 Å². The minimum Gasteiger partial charge on any atom is -0.385 e. The van der Waals surface area contributed by atoms with Crippen molar-refractivity contribution < 1.29 is 9.59 Å². The Balaban J connectivity index is 1.97. The Kier molecular flexibility index (Phi) is 2.78. The van der Waals surface area contributed by atoms with E-state index in [0.717, 1.165) is 30.6 Å². The van der Waals surface area contributed by atoms with Crippen LogP contribution in [0.3, 0.4) is 0 Å².